The second-order valence-electron chi connectivity index (χ2n) is 2.35. The first-order valence-corrected chi connectivity index (χ1v) is 3.69. The Morgan fingerprint density at radius 3 is 3.20 bits per heavy atom. The fourth-order valence-corrected chi connectivity index (χ4v) is 1.20. The third kappa shape index (κ3) is 2.12. The Bertz CT molecular complexity index is 165. The Kier molecular flexibility index (Phi) is 2.90. The minimum absolute atomic E-state index is 0.209. The maximum absolute atomic E-state index is 8.58. The second kappa shape index (κ2) is 3.74. The summed E-state index contributed by atoms with van der Waals surface area (Å²) in [6, 6.07) is 0. The highest BCUT2D eigenvalue weighted by atomic mass is 35.5. The van der Waals surface area contributed by atoms with E-state index in [0.29, 0.717) is 5.92 Å². The summed E-state index contributed by atoms with van der Waals surface area (Å²) in [5.41, 5.74) is 0. The minimum Gasteiger partial charge on any atom is -0.396 e. The molecule has 0 saturated heterocycles. The molecule has 3 heteroatoms. The molecule has 0 amide bonds. The fraction of sp³-hybridized carbons (Fsp3) is 0.571. The summed E-state index contributed by atoms with van der Waals surface area (Å²) in [4.78, 5) is 3.93. The number of nitrogens with zero attached hydrogens (tertiary/aromatic N) is 1. The molecule has 0 aromatic heterocycles. The van der Waals surface area contributed by atoms with Crippen molar-refractivity contribution in [2.45, 2.75) is 12.8 Å². The van der Waals surface area contributed by atoms with Crippen LogP contribution in [0.15, 0.2) is 16.2 Å². The second-order valence-corrected chi connectivity index (χ2v) is 2.84. The van der Waals surface area contributed by atoms with E-state index in [0.717, 1.165) is 17.9 Å². The summed E-state index contributed by atoms with van der Waals surface area (Å²) >= 11 is 5.71. The number of hydrogen-bond donors (Lipinski definition) is 1. The van der Waals surface area contributed by atoms with Gasteiger partial charge in [-0.05, 0) is 12.8 Å². The van der Waals surface area contributed by atoms with Crippen LogP contribution in [-0.4, -0.2) is 17.9 Å². The number of aliphatic hydroxyl groups excluding tert-OH is 1. The van der Waals surface area contributed by atoms with Crippen LogP contribution in [-0.2, 0) is 0 Å². The molecule has 1 aliphatic rings. The number of aliphatic hydroxyl groups is 1. The van der Waals surface area contributed by atoms with Gasteiger partial charge in [-0.2, -0.15) is 0 Å². The van der Waals surface area contributed by atoms with E-state index in [2.05, 4.69) is 4.99 Å². The smallest absolute Gasteiger partial charge is 0.0437 e. The lowest BCUT2D eigenvalue weighted by atomic mass is 10.0. The van der Waals surface area contributed by atoms with E-state index < -0.39 is 0 Å². The molecule has 0 saturated carbocycles. The van der Waals surface area contributed by atoms with Gasteiger partial charge in [0.05, 0.1) is 0 Å². The molecular weight excluding hydrogens is 150 g/mol. The zero-order valence-electron chi connectivity index (χ0n) is 5.63. The van der Waals surface area contributed by atoms with Gasteiger partial charge in [-0.25, -0.2) is 0 Å². The molecule has 0 aliphatic carbocycles. The summed E-state index contributed by atoms with van der Waals surface area (Å²) in [5.74, 6) is 0.336. The van der Waals surface area contributed by atoms with Crippen molar-refractivity contribution in [3.8, 4) is 0 Å². The Balaban J connectivity index is 2.39. The normalized spacial score (nSPS) is 24.6. The summed E-state index contributed by atoms with van der Waals surface area (Å²) in [7, 11) is 0. The first-order chi connectivity index (χ1) is 4.83. The third-order valence-electron chi connectivity index (χ3n) is 1.47. The van der Waals surface area contributed by atoms with Crippen LogP contribution in [0.25, 0.3) is 0 Å². The highest BCUT2D eigenvalue weighted by Gasteiger charge is 2.09. The number of hydrogen-bond acceptors (Lipinski definition) is 2. The van der Waals surface area contributed by atoms with Crippen LogP contribution in [0.2, 0.25) is 0 Å². The summed E-state index contributed by atoms with van der Waals surface area (Å²) < 4.78 is 0. The Morgan fingerprint density at radius 2 is 2.60 bits per heavy atom. The average Bonchev–Trinajstić information content (AvgIpc) is 1.88. The van der Waals surface area contributed by atoms with Crippen LogP contribution in [0.3, 0.4) is 0 Å². The molecular formula is C7H10ClNO. The van der Waals surface area contributed by atoms with Gasteiger partial charge in [0.2, 0.25) is 0 Å². The molecule has 0 fully saturated rings. The Hall–Kier alpha value is -0.340. The van der Waals surface area contributed by atoms with Gasteiger partial charge in [0.1, 0.15) is 0 Å². The van der Waals surface area contributed by atoms with Crippen molar-refractivity contribution >= 4 is 17.8 Å². The van der Waals surface area contributed by atoms with Crippen molar-refractivity contribution in [1.82, 2.24) is 0 Å². The van der Waals surface area contributed by atoms with E-state index in [-0.39, 0.29) is 6.61 Å². The van der Waals surface area contributed by atoms with Gasteiger partial charge >= 0.3 is 0 Å². The standard InChI is InChI=1S/C7H10ClNO/c8-7-3-6(1-2-10)4-9-5-7/h4-6,10H,1-3H2. The molecule has 10 heavy (non-hydrogen) atoms. The zero-order valence-corrected chi connectivity index (χ0v) is 6.38. The number of halogens is 1. The van der Waals surface area contributed by atoms with Crippen molar-refractivity contribution in [3.05, 3.63) is 11.2 Å². The molecule has 0 spiro atoms. The number of rotatable bonds is 2. The van der Waals surface area contributed by atoms with E-state index >= 15 is 0 Å². The van der Waals surface area contributed by atoms with Gasteiger partial charge in [-0.1, -0.05) is 11.6 Å². The molecule has 0 aromatic carbocycles. The summed E-state index contributed by atoms with van der Waals surface area (Å²) in [6.07, 6.45) is 5.07. The lowest BCUT2D eigenvalue weighted by Gasteiger charge is -2.11. The Labute approximate surface area is 65.2 Å². The highest BCUT2D eigenvalue weighted by Crippen LogP contribution is 2.20. The summed E-state index contributed by atoms with van der Waals surface area (Å²) in [5, 5.41) is 9.36. The molecule has 56 valence electrons. The van der Waals surface area contributed by atoms with Gasteiger partial charge < -0.3 is 5.11 Å². The molecule has 2 nitrogen and oxygen atoms in total. The molecule has 0 bridgehead atoms. The fourth-order valence-electron chi connectivity index (χ4n) is 0.944. The van der Waals surface area contributed by atoms with E-state index in [1.54, 1.807) is 6.20 Å². The van der Waals surface area contributed by atoms with Gasteiger partial charge in [0.15, 0.2) is 0 Å². The maximum atomic E-state index is 8.58. The predicted molar refractivity (Wildman–Crippen MR) is 42.2 cm³/mol. The number of aliphatic imine (C=N–C) groups is 1. The topological polar surface area (TPSA) is 32.6 Å². The minimum atomic E-state index is 0.209. The van der Waals surface area contributed by atoms with Crippen LogP contribution in [0.4, 0.5) is 0 Å². The van der Waals surface area contributed by atoms with E-state index in [4.69, 9.17) is 16.7 Å². The molecule has 0 radical (unpaired) electrons. The molecule has 1 rings (SSSR count). The molecule has 1 aliphatic heterocycles. The predicted octanol–water partition coefficient (Wildman–Crippen LogP) is 1.54. The molecule has 1 unspecified atom stereocenters. The van der Waals surface area contributed by atoms with Crippen LogP contribution < -0.4 is 0 Å². The molecule has 1 heterocycles. The van der Waals surface area contributed by atoms with Gasteiger partial charge in [0.25, 0.3) is 0 Å². The van der Waals surface area contributed by atoms with Crippen molar-refractivity contribution in [2.24, 2.45) is 10.9 Å². The van der Waals surface area contributed by atoms with Crippen LogP contribution in [0.5, 0.6) is 0 Å². The van der Waals surface area contributed by atoms with Crippen molar-refractivity contribution < 1.29 is 5.11 Å². The van der Waals surface area contributed by atoms with Gasteiger partial charge in [0, 0.05) is 30.0 Å². The van der Waals surface area contributed by atoms with Crippen LogP contribution >= 0.6 is 11.6 Å². The largest absolute Gasteiger partial charge is 0.396 e. The zero-order chi connectivity index (χ0) is 7.40. The SMILES string of the molecule is OCCC1C=NC=C(Cl)C1. The number of allylic oxidation sites excluding steroid dienone is 1. The summed E-state index contributed by atoms with van der Waals surface area (Å²) in [6.45, 7) is 0.209. The van der Waals surface area contributed by atoms with E-state index in [9.17, 15) is 0 Å². The van der Waals surface area contributed by atoms with Crippen LogP contribution in [0.1, 0.15) is 12.8 Å². The van der Waals surface area contributed by atoms with Crippen LogP contribution in [0, 0.1) is 5.92 Å². The maximum Gasteiger partial charge on any atom is 0.0437 e. The monoisotopic (exact) mass is 159 g/mol. The molecule has 1 N–H and O–H groups in total. The quantitative estimate of drug-likeness (QED) is 0.652. The molecule has 1 atom stereocenters. The first kappa shape index (κ1) is 7.76. The first-order valence-electron chi connectivity index (χ1n) is 3.31. The van der Waals surface area contributed by atoms with E-state index in [1.807, 2.05) is 6.21 Å². The van der Waals surface area contributed by atoms with Crippen molar-refractivity contribution in [2.75, 3.05) is 6.61 Å². The lowest BCUT2D eigenvalue weighted by Crippen LogP contribution is -2.06. The van der Waals surface area contributed by atoms with Gasteiger partial charge in [-0.15, -0.1) is 0 Å². The average molecular weight is 160 g/mol. The molecule has 0 aromatic rings. The lowest BCUT2D eigenvalue weighted by molar-refractivity contribution is 0.274. The van der Waals surface area contributed by atoms with Crippen molar-refractivity contribution in [1.29, 1.82) is 0 Å². The third-order valence-corrected chi connectivity index (χ3v) is 1.72. The van der Waals surface area contributed by atoms with Gasteiger partial charge in [-0.3, -0.25) is 4.99 Å². The highest BCUT2D eigenvalue weighted by molar-refractivity contribution is 6.29. The van der Waals surface area contributed by atoms with Crippen molar-refractivity contribution in [3.63, 3.8) is 0 Å². The van der Waals surface area contributed by atoms with E-state index in [1.165, 1.54) is 0 Å². The Morgan fingerprint density at radius 1 is 1.80 bits per heavy atom.